The number of nitrogens with two attached hydrogens (primary N) is 1. The van der Waals surface area contributed by atoms with E-state index in [-0.39, 0.29) is 11.6 Å². The van der Waals surface area contributed by atoms with Gasteiger partial charge in [0.2, 0.25) is 0 Å². The van der Waals surface area contributed by atoms with Crippen LogP contribution in [0.25, 0.3) is 0 Å². The molecule has 4 heteroatoms. The molecule has 3 N–H and O–H groups in total. The molecule has 0 aromatic heterocycles. The highest BCUT2D eigenvalue weighted by Gasteiger charge is 2.11. The molecule has 0 saturated heterocycles. The molecule has 1 rings (SSSR count). The summed E-state index contributed by atoms with van der Waals surface area (Å²) in [6.45, 7) is 1.97. The smallest absolute Gasteiger partial charge is 0.336 e. The van der Waals surface area contributed by atoms with Crippen LogP contribution >= 0.6 is 15.9 Å². The highest BCUT2D eigenvalue weighted by molar-refractivity contribution is 9.10. The Morgan fingerprint density at radius 1 is 1.64 bits per heavy atom. The number of carboxylic acids is 1. The predicted octanol–water partition coefficient (Wildman–Crippen LogP) is 2.56. The maximum Gasteiger partial charge on any atom is 0.336 e. The van der Waals surface area contributed by atoms with Gasteiger partial charge in [-0.1, -0.05) is 13.0 Å². The number of carbonyl (C=O) groups is 1. The summed E-state index contributed by atoms with van der Waals surface area (Å²) in [7, 11) is 0. The Hall–Kier alpha value is -0.870. The maximum atomic E-state index is 10.8. The van der Waals surface area contributed by atoms with Gasteiger partial charge in [0.25, 0.3) is 0 Å². The van der Waals surface area contributed by atoms with Gasteiger partial charge in [-0.15, -0.1) is 0 Å². The van der Waals surface area contributed by atoms with Crippen molar-refractivity contribution in [2.45, 2.75) is 19.4 Å². The quantitative estimate of drug-likeness (QED) is 0.875. The molecule has 0 amide bonds. The molecule has 0 spiro atoms. The zero-order chi connectivity index (χ0) is 10.7. The van der Waals surface area contributed by atoms with Gasteiger partial charge in [-0.3, -0.25) is 0 Å². The highest BCUT2D eigenvalue weighted by atomic mass is 79.9. The molecule has 0 saturated carbocycles. The molecule has 1 aromatic carbocycles. The lowest BCUT2D eigenvalue weighted by atomic mass is 10.0. The van der Waals surface area contributed by atoms with Crippen molar-refractivity contribution in [3.8, 4) is 0 Å². The van der Waals surface area contributed by atoms with E-state index < -0.39 is 5.97 Å². The summed E-state index contributed by atoms with van der Waals surface area (Å²) in [6, 6.07) is 5.07. The molecule has 1 aromatic rings. The summed E-state index contributed by atoms with van der Waals surface area (Å²) in [5.74, 6) is -0.943. The van der Waals surface area contributed by atoms with Gasteiger partial charge >= 0.3 is 5.97 Å². The number of benzene rings is 1. The van der Waals surface area contributed by atoms with E-state index in [1.807, 2.05) is 13.0 Å². The average molecular weight is 258 g/mol. The van der Waals surface area contributed by atoms with Gasteiger partial charge in [0.1, 0.15) is 0 Å². The van der Waals surface area contributed by atoms with Crippen LogP contribution in [-0.2, 0) is 0 Å². The van der Waals surface area contributed by atoms with E-state index in [0.717, 1.165) is 12.0 Å². The van der Waals surface area contributed by atoms with Gasteiger partial charge in [-0.25, -0.2) is 4.79 Å². The molecule has 0 unspecified atom stereocenters. The first kappa shape index (κ1) is 11.2. The van der Waals surface area contributed by atoms with E-state index in [4.69, 9.17) is 10.8 Å². The van der Waals surface area contributed by atoms with Crippen LogP contribution < -0.4 is 5.73 Å². The second kappa shape index (κ2) is 4.57. The molecule has 76 valence electrons. The molecule has 14 heavy (non-hydrogen) atoms. The minimum Gasteiger partial charge on any atom is -0.478 e. The number of hydrogen-bond acceptors (Lipinski definition) is 2. The minimum absolute atomic E-state index is 0.0961. The Labute approximate surface area is 91.1 Å². The van der Waals surface area contributed by atoms with Crippen molar-refractivity contribution in [1.82, 2.24) is 0 Å². The van der Waals surface area contributed by atoms with Gasteiger partial charge in [0, 0.05) is 10.5 Å². The van der Waals surface area contributed by atoms with Gasteiger partial charge in [-0.05, 0) is 40.0 Å². The summed E-state index contributed by atoms with van der Waals surface area (Å²) in [4.78, 5) is 10.8. The second-order valence-corrected chi connectivity index (χ2v) is 3.91. The molecule has 1 atom stereocenters. The van der Waals surface area contributed by atoms with E-state index >= 15 is 0 Å². The Morgan fingerprint density at radius 3 is 2.79 bits per heavy atom. The number of aromatic carboxylic acids is 1. The predicted molar refractivity (Wildman–Crippen MR) is 58.3 cm³/mol. The van der Waals surface area contributed by atoms with E-state index in [2.05, 4.69) is 15.9 Å². The van der Waals surface area contributed by atoms with Gasteiger partial charge in [0.15, 0.2) is 0 Å². The van der Waals surface area contributed by atoms with Gasteiger partial charge in [0.05, 0.1) is 5.56 Å². The topological polar surface area (TPSA) is 63.3 Å². The molecule has 0 bridgehead atoms. The Kier molecular flexibility index (Phi) is 3.66. The maximum absolute atomic E-state index is 10.8. The lowest BCUT2D eigenvalue weighted by Crippen LogP contribution is -2.10. The molecule has 0 heterocycles. The summed E-state index contributed by atoms with van der Waals surface area (Å²) < 4.78 is 0.581. The molecular formula is C10H12BrNO2. The van der Waals surface area contributed by atoms with Gasteiger partial charge in [-0.2, -0.15) is 0 Å². The minimum atomic E-state index is -0.943. The van der Waals surface area contributed by atoms with Crippen molar-refractivity contribution >= 4 is 21.9 Å². The van der Waals surface area contributed by atoms with Crippen molar-refractivity contribution in [1.29, 1.82) is 0 Å². The van der Waals surface area contributed by atoms with Gasteiger partial charge < -0.3 is 10.8 Å². The SMILES string of the molecule is CC[C@H](N)c1ccc(Br)c(C(=O)O)c1. The first-order valence-electron chi connectivity index (χ1n) is 4.34. The number of halogens is 1. The second-order valence-electron chi connectivity index (χ2n) is 3.06. The monoisotopic (exact) mass is 257 g/mol. The summed E-state index contributed by atoms with van der Waals surface area (Å²) in [5, 5.41) is 8.87. The summed E-state index contributed by atoms with van der Waals surface area (Å²) >= 11 is 3.18. The highest BCUT2D eigenvalue weighted by Crippen LogP contribution is 2.22. The third-order valence-electron chi connectivity index (χ3n) is 2.09. The van der Waals surface area contributed by atoms with E-state index in [1.54, 1.807) is 12.1 Å². The van der Waals surface area contributed by atoms with Crippen LogP contribution in [0.15, 0.2) is 22.7 Å². The van der Waals surface area contributed by atoms with Crippen LogP contribution in [0.2, 0.25) is 0 Å². The lowest BCUT2D eigenvalue weighted by molar-refractivity contribution is 0.0695. The van der Waals surface area contributed by atoms with Crippen LogP contribution in [0.4, 0.5) is 0 Å². The molecular weight excluding hydrogens is 246 g/mol. The number of rotatable bonds is 3. The fourth-order valence-corrected chi connectivity index (χ4v) is 1.59. The summed E-state index contributed by atoms with van der Waals surface area (Å²) in [6.07, 6.45) is 0.792. The average Bonchev–Trinajstić information content (AvgIpc) is 2.17. The van der Waals surface area contributed by atoms with Crippen LogP contribution in [0.5, 0.6) is 0 Å². The first-order valence-corrected chi connectivity index (χ1v) is 5.14. The Bertz CT molecular complexity index is 352. The Morgan fingerprint density at radius 2 is 2.29 bits per heavy atom. The molecule has 0 aliphatic carbocycles. The van der Waals surface area contributed by atoms with Crippen molar-refractivity contribution in [2.24, 2.45) is 5.73 Å². The normalized spacial score (nSPS) is 12.5. The van der Waals surface area contributed by atoms with Crippen LogP contribution in [0.1, 0.15) is 35.3 Å². The van der Waals surface area contributed by atoms with Crippen molar-refractivity contribution in [3.05, 3.63) is 33.8 Å². The van der Waals surface area contributed by atoms with Crippen molar-refractivity contribution in [2.75, 3.05) is 0 Å². The molecule has 3 nitrogen and oxygen atoms in total. The van der Waals surface area contributed by atoms with Crippen LogP contribution in [-0.4, -0.2) is 11.1 Å². The standard InChI is InChI=1S/C10H12BrNO2/c1-2-9(12)6-3-4-8(11)7(5-6)10(13)14/h3-5,9H,2,12H2,1H3,(H,13,14)/t9-/m0/s1. The van der Waals surface area contributed by atoms with Crippen molar-refractivity contribution < 1.29 is 9.90 Å². The fourth-order valence-electron chi connectivity index (χ4n) is 1.17. The molecule has 0 fully saturated rings. The lowest BCUT2D eigenvalue weighted by Gasteiger charge is -2.10. The zero-order valence-electron chi connectivity index (χ0n) is 7.83. The third kappa shape index (κ3) is 2.33. The summed E-state index contributed by atoms with van der Waals surface area (Å²) in [5.41, 5.74) is 6.92. The largest absolute Gasteiger partial charge is 0.478 e. The molecule has 0 aliphatic heterocycles. The van der Waals surface area contributed by atoms with E-state index in [0.29, 0.717) is 4.47 Å². The molecule has 0 aliphatic rings. The van der Waals surface area contributed by atoms with E-state index in [9.17, 15) is 4.79 Å². The molecule has 0 radical (unpaired) electrons. The number of hydrogen-bond donors (Lipinski definition) is 2. The van der Waals surface area contributed by atoms with E-state index in [1.165, 1.54) is 0 Å². The third-order valence-corrected chi connectivity index (χ3v) is 2.78. The first-order chi connectivity index (χ1) is 6.56. The zero-order valence-corrected chi connectivity index (χ0v) is 9.41. The Balaban J connectivity index is 3.12. The number of carboxylic acid groups (broad SMARTS) is 1. The van der Waals surface area contributed by atoms with Crippen molar-refractivity contribution in [3.63, 3.8) is 0 Å². The fraction of sp³-hybridized carbons (Fsp3) is 0.300. The van der Waals surface area contributed by atoms with Crippen LogP contribution in [0.3, 0.4) is 0 Å². The van der Waals surface area contributed by atoms with Crippen LogP contribution in [0, 0.1) is 0 Å².